The van der Waals surface area contributed by atoms with Gasteiger partial charge >= 0.3 is 0 Å². The van der Waals surface area contributed by atoms with Gasteiger partial charge in [0, 0.05) is 11.4 Å². The van der Waals surface area contributed by atoms with Crippen molar-refractivity contribution in [3.8, 4) is 0 Å². The maximum atomic E-state index is 3.58. The summed E-state index contributed by atoms with van der Waals surface area (Å²) in [5.74, 6) is 0.539. The van der Waals surface area contributed by atoms with E-state index in [9.17, 15) is 0 Å². The van der Waals surface area contributed by atoms with Crippen LogP contribution in [0, 0.1) is 12.0 Å². The Bertz CT molecular complexity index is 663. The zero-order valence-corrected chi connectivity index (χ0v) is 14.6. The maximum Gasteiger partial charge on any atom is 0.0785 e. The number of hydrogen-bond donors (Lipinski definition) is 0. The van der Waals surface area contributed by atoms with Crippen LogP contribution >= 0.6 is 0 Å². The highest BCUT2D eigenvalue weighted by Crippen LogP contribution is 2.38. The summed E-state index contributed by atoms with van der Waals surface area (Å²) in [6.45, 7) is 13.4. The van der Waals surface area contributed by atoms with Crippen molar-refractivity contribution in [2.45, 2.75) is 53.0 Å². The molecule has 0 spiro atoms. The molecule has 0 amide bonds. The monoisotopic (exact) mass is 292 g/mol. The van der Waals surface area contributed by atoms with E-state index in [4.69, 9.17) is 0 Å². The number of rotatable bonds is 2. The van der Waals surface area contributed by atoms with Crippen molar-refractivity contribution in [2.75, 3.05) is 4.90 Å². The largest absolute Gasteiger partial charge is 0.334 e. The summed E-state index contributed by atoms with van der Waals surface area (Å²) >= 11 is 0. The molecule has 1 aliphatic heterocycles. The van der Waals surface area contributed by atoms with Crippen molar-refractivity contribution in [1.82, 2.24) is 0 Å². The highest BCUT2D eigenvalue weighted by Gasteiger charge is 2.32. The first-order valence-electron chi connectivity index (χ1n) is 8.21. The third-order valence-corrected chi connectivity index (χ3v) is 4.60. The summed E-state index contributed by atoms with van der Waals surface area (Å²) in [6.07, 6.45) is 8.22. The van der Waals surface area contributed by atoms with Crippen LogP contribution in [0.15, 0.2) is 53.3 Å². The molecular formula is C21H26N. The summed E-state index contributed by atoms with van der Waals surface area (Å²) in [5.41, 5.74) is 6.79. The molecule has 115 valence electrons. The second kappa shape index (κ2) is 5.15. The first-order chi connectivity index (χ1) is 10.3. The van der Waals surface area contributed by atoms with Crippen LogP contribution in [-0.4, -0.2) is 6.04 Å². The molecule has 1 aromatic rings. The van der Waals surface area contributed by atoms with E-state index in [1.807, 2.05) is 0 Å². The lowest BCUT2D eigenvalue weighted by Crippen LogP contribution is -2.27. The van der Waals surface area contributed by atoms with Crippen molar-refractivity contribution in [3.63, 3.8) is 0 Å². The van der Waals surface area contributed by atoms with Gasteiger partial charge in [0.25, 0.3) is 0 Å². The Kier molecular flexibility index (Phi) is 3.55. The molecule has 2 aliphatic rings. The molecule has 1 heteroatoms. The van der Waals surface area contributed by atoms with E-state index >= 15 is 0 Å². The van der Waals surface area contributed by atoms with Crippen molar-refractivity contribution in [3.05, 3.63) is 64.9 Å². The fourth-order valence-electron chi connectivity index (χ4n) is 3.21. The van der Waals surface area contributed by atoms with Crippen molar-refractivity contribution in [1.29, 1.82) is 0 Å². The first-order valence-corrected chi connectivity index (χ1v) is 8.21. The van der Waals surface area contributed by atoms with Gasteiger partial charge in [0.05, 0.1) is 6.04 Å². The SMILES string of the molecule is CC1=CC2=[C]C(C(C)C)=CC2N1c1ccc(C(C)(C)C)cc1. The van der Waals surface area contributed by atoms with Gasteiger partial charge in [-0.05, 0) is 59.3 Å². The summed E-state index contributed by atoms with van der Waals surface area (Å²) in [6, 6.07) is 9.36. The number of nitrogens with zero attached hydrogens (tertiary/aromatic N) is 1. The summed E-state index contributed by atoms with van der Waals surface area (Å²) in [5, 5.41) is 0. The normalized spacial score (nSPS) is 21.0. The smallest absolute Gasteiger partial charge is 0.0785 e. The van der Waals surface area contributed by atoms with E-state index in [0.717, 1.165) is 0 Å². The highest BCUT2D eigenvalue weighted by atomic mass is 15.2. The highest BCUT2D eigenvalue weighted by molar-refractivity contribution is 5.65. The molecule has 0 aromatic heterocycles. The van der Waals surface area contributed by atoms with Crippen LogP contribution in [0.1, 0.15) is 47.1 Å². The third kappa shape index (κ3) is 2.54. The predicted octanol–water partition coefficient (Wildman–Crippen LogP) is 5.40. The van der Waals surface area contributed by atoms with E-state index in [1.165, 1.54) is 28.1 Å². The number of fused-ring (bicyclic) bond motifs is 1. The molecule has 0 N–H and O–H groups in total. The molecule has 1 nitrogen and oxygen atoms in total. The van der Waals surface area contributed by atoms with Gasteiger partial charge in [-0.3, -0.25) is 0 Å². The fourth-order valence-corrected chi connectivity index (χ4v) is 3.21. The minimum absolute atomic E-state index is 0.200. The zero-order chi connectivity index (χ0) is 16.1. The van der Waals surface area contributed by atoms with Gasteiger partial charge in [0.2, 0.25) is 0 Å². The molecule has 1 radical (unpaired) electrons. The minimum Gasteiger partial charge on any atom is -0.334 e. The van der Waals surface area contributed by atoms with Crippen LogP contribution < -0.4 is 4.90 Å². The topological polar surface area (TPSA) is 3.24 Å². The summed E-state index contributed by atoms with van der Waals surface area (Å²) < 4.78 is 0. The van der Waals surface area contributed by atoms with Gasteiger partial charge in [0.1, 0.15) is 0 Å². The van der Waals surface area contributed by atoms with Gasteiger partial charge in [0.15, 0.2) is 0 Å². The molecule has 0 saturated heterocycles. The molecule has 0 fully saturated rings. The quantitative estimate of drug-likeness (QED) is 0.705. The van der Waals surface area contributed by atoms with E-state index in [1.54, 1.807) is 0 Å². The van der Waals surface area contributed by atoms with Gasteiger partial charge < -0.3 is 4.90 Å². The molecule has 0 bridgehead atoms. The minimum atomic E-state index is 0.200. The average molecular weight is 292 g/mol. The Morgan fingerprint density at radius 1 is 1.09 bits per heavy atom. The Morgan fingerprint density at radius 3 is 2.27 bits per heavy atom. The Hall–Kier alpha value is -1.76. The van der Waals surface area contributed by atoms with Gasteiger partial charge in [-0.1, -0.05) is 52.8 Å². The van der Waals surface area contributed by atoms with E-state index in [-0.39, 0.29) is 5.41 Å². The fraction of sp³-hybridized carbons (Fsp3) is 0.429. The van der Waals surface area contributed by atoms with E-state index < -0.39 is 0 Å². The number of anilines is 1. The maximum absolute atomic E-state index is 3.58. The van der Waals surface area contributed by atoms with Gasteiger partial charge in [-0.2, -0.15) is 0 Å². The van der Waals surface area contributed by atoms with Gasteiger partial charge in [-0.25, -0.2) is 0 Å². The molecule has 1 atom stereocenters. The number of benzene rings is 1. The molecule has 1 aromatic carbocycles. The lowest BCUT2D eigenvalue weighted by Gasteiger charge is -2.27. The molecule has 22 heavy (non-hydrogen) atoms. The van der Waals surface area contributed by atoms with Crippen LogP contribution in [0.3, 0.4) is 0 Å². The third-order valence-electron chi connectivity index (χ3n) is 4.60. The lowest BCUT2D eigenvalue weighted by molar-refractivity contribution is 0.590. The summed E-state index contributed by atoms with van der Waals surface area (Å²) in [4.78, 5) is 2.42. The van der Waals surface area contributed by atoms with E-state index in [2.05, 4.69) is 88.9 Å². The Morgan fingerprint density at radius 2 is 1.73 bits per heavy atom. The Balaban J connectivity index is 1.92. The Labute approximate surface area is 135 Å². The van der Waals surface area contributed by atoms with Crippen LogP contribution in [0.2, 0.25) is 0 Å². The van der Waals surface area contributed by atoms with Crippen LogP contribution in [0.4, 0.5) is 5.69 Å². The second-order valence-corrected chi connectivity index (χ2v) is 7.75. The second-order valence-electron chi connectivity index (χ2n) is 7.75. The molecule has 1 unspecified atom stereocenters. The molecular weight excluding hydrogens is 266 g/mol. The number of allylic oxidation sites excluding steroid dienone is 3. The van der Waals surface area contributed by atoms with Crippen LogP contribution in [-0.2, 0) is 5.41 Å². The standard InChI is InChI=1S/C21H26N/c1-14(2)16-12-17-11-15(3)22(20(17)13-16)19-9-7-18(8-10-19)21(4,5)6/h7-11,13-14,20H,1-6H3. The predicted molar refractivity (Wildman–Crippen MR) is 94.8 cm³/mol. The van der Waals surface area contributed by atoms with Crippen LogP contribution in [0.25, 0.3) is 0 Å². The molecule has 1 aliphatic carbocycles. The zero-order valence-electron chi connectivity index (χ0n) is 14.6. The molecule has 0 saturated carbocycles. The first kappa shape index (κ1) is 15.1. The lowest BCUT2D eigenvalue weighted by atomic mass is 9.87. The van der Waals surface area contributed by atoms with Crippen molar-refractivity contribution < 1.29 is 0 Å². The van der Waals surface area contributed by atoms with Crippen molar-refractivity contribution in [2.24, 2.45) is 5.92 Å². The van der Waals surface area contributed by atoms with Gasteiger partial charge in [-0.15, -0.1) is 0 Å². The van der Waals surface area contributed by atoms with Crippen molar-refractivity contribution >= 4 is 5.69 Å². The summed E-state index contributed by atoms with van der Waals surface area (Å²) in [7, 11) is 0. The van der Waals surface area contributed by atoms with Crippen LogP contribution in [0.5, 0.6) is 0 Å². The molecule has 1 heterocycles. The van der Waals surface area contributed by atoms with E-state index in [0.29, 0.717) is 12.0 Å². The average Bonchev–Trinajstić information content (AvgIpc) is 2.94. The number of hydrogen-bond acceptors (Lipinski definition) is 1. The molecule has 3 rings (SSSR count).